The highest BCUT2D eigenvalue weighted by atomic mass is 19.1. The van der Waals surface area contributed by atoms with E-state index in [-0.39, 0.29) is 24.9 Å². The van der Waals surface area contributed by atoms with Crippen molar-refractivity contribution in [1.82, 2.24) is 4.90 Å². The number of nitrogens with zero attached hydrogens (tertiary/aromatic N) is 2. The molecule has 0 aliphatic carbocycles. The zero-order valence-corrected chi connectivity index (χ0v) is 18.9. The summed E-state index contributed by atoms with van der Waals surface area (Å²) in [5.41, 5.74) is 3.57. The van der Waals surface area contributed by atoms with Crippen LogP contribution in [0, 0.1) is 5.82 Å². The van der Waals surface area contributed by atoms with E-state index in [1.165, 1.54) is 12.1 Å². The van der Waals surface area contributed by atoms with Crippen molar-refractivity contribution >= 4 is 11.6 Å². The zero-order valence-electron chi connectivity index (χ0n) is 18.9. The molecule has 0 saturated carbocycles. The maximum absolute atomic E-state index is 13.1. The van der Waals surface area contributed by atoms with E-state index in [1.807, 2.05) is 54.6 Å². The molecule has 0 unspecified atom stereocenters. The minimum Gasteiger partial charge on any atom is -0.484 e. The van der Waals surface area contributed by atoms with Crippen LogP contribution in [0.3, 0.4) is 0 Å². The zero-order chi connectivity index (χ0) is 23.6. The topological polar surface area (TPSA) is 60.4 Å². The highest BCUT2D eigenvalue weighted by molar-refractivity contribution is 6.01. The first-order chi connectivity index (χ1) is 16.7. The molecule has 0 N–H and O–H groups in total. The molecule has 0 spiro atoms. The number of carbonyl (C=O) groups is 1. The average molecular weight is 463 g/mol. The number of benzene rings is 3. The van der Waals surface area contributed by atoms with E-state index in [1.54, 1.807) is 17.0 Å². The Morgan fingerprint density at radius 1 is 0.912 bits per heavy atom. The van der Waals surface area contributed by atoms with Gasteiger partial charge in [-0.2, -0.15) is 0 Å². The van der Waals surface area contributed by atoms with Crippen LogP contribution in [0.15, 0.2) is 84.0 Å². The highest BCUT2D eigenvalue weighted by Gasteiger charge is 2.17. The van der Waals surface area contributed by atoms with Gasteiger partial charge in [-0.3, -0.25) is 4.79 Å². The van der Waals surface area contributed by atoms with Gasteiger partial charge < -0.3 is 19.2 Å². The first kappa shape index (κ1) is 23.4. The van der Waals surface area contributed by atoms with Gasteiger partial charge in [0, 0.05) is 19.5 Å². The van der Waals surface area contributed by atoms with E-state index in [2.05, 4.69) is 5.16 Å². The van der Waals surface area contributed by atoms with E-state index in [0.29, 0.717) is 38.5 Å². The predicted molar refractivity (Wildman–Crippen MR) is 127 cm³/mol. The summed E-state index contributed by atoms with van der Waals surface area (Å²) in [5, 5.41) is 4.38. The third-order valence-electron chi connectivity index (χ3n) is 5.45. The Kier molecular flexibility index (Phi) is 8.24. The lowest BCUT2D eigenvalue weighted by Gasteiger charge is -2.26. The number of oxime groups is 1. The van der Waals surface area contributed by atoms with Crippen LogP contribution in [0.1, 0.15) is 16.7 Å². The summed E-state index contributed by atoms with van der Waals surface area (Å²) in [6.07, 6.45) is 0.583. The minimum atomic E-state index is -0.286. The van der Waals surface area contributed by atoms with E-state index < -0.39 is 0 Å². The number of morpholine rings is 1. The smallest absolute Gasteiger partial charge is 0.260 e. The molecule has 1 aliphatic rings. The van der Waals surface area contributed by atoms with Gasteiger partial charge in [0.2, 0.25) is 0 Å². The van der Waals surface area contributed by atoms with Gasteiger partial charge >= 0.3 is 0 Å². The molecule has 0 bridgehead atoms. The average Bonchev–Trinajstić information content (AvgIpc) is 2.89. The van der Waals surface area contributed by atoms with Gasteiger partial charge in [-0.05, 0) is 53.1 Å². The monoisotopic (exact) mass is 462 g/mol. The van der Waals surface area contributed by atoms with Crippen molar-refractivity contribution in [3.05, 3.63) is 101 Å². The van der Waals surface area contributed by atoms with Crippen LogP contribution >= 0.6 is 0 Å². The van der Waals surface area contributed by atoms with Crippen LogP contribution in [-0.4, -0.2) is 49.4 Å². The Morgan fingerprint density at radius 3 is 2.32 bits per heavy atom. The molecular formula is C27H27FN2O4. The Hall–Kier alpha value is -3.71. The summed E-state index contributed by atoms with van der Waals surface area (Å²) in [5.74, 6) is 0.274. The summed E-state index contributed by atoms with van der Waals surface area (Å²) in [6.45, 7) is 2.55. The van der Waals surface area contributed by atoms with Gasteiger partial charge in [0.15, 0.2) is 6.61 Å². The second kappa shape index (κ2) is 12.0. The molecule has 1 heterocycles. The lowest BCUT2D eigenvalue weighted by atomic mass is 10.0. The van der Waals surface area contributed by atoms with Crippen molar-refractivity contribution in [1.29, 1.82) is 0 Å². The lowest BCUT2D eigenvalue weighted by molar-refractivity contribution is -0.137. The van der Waals surface area contributed by atoms with E-state index in [4.69, 9.17) is 14.3 Å². The largest absolute Gasteiger partial charge is 0.484 e. The first-order valence-corrected chi connectivity index (χ1v) is 11.2. The fourth-order valence-electron chi connectivity index (χ4n) is 3.53. The normalized spacial score (nSPS) is 14.0. The summed E-state index contributed by atoms with van der Waals surface area (Å²) in [6, 6.07) is 23.6. The lowest BCUT2D eigenvalue weighted by Crippen LogP contribution is -2.42. The molecule has 1 fully saturated rings. The molecule has 1 amide bonds. The molecule has 1 saturated heterocycles. The van der Waals surface area contributed by atoms with Gasteiger partial charge in [-0.25, -0.2) is 4.39 Å². The van der Waals surface area contributed by atoms with E-state index >= 15 is 0 Å². The van der Waals surface area contributed by atoms with Crippen LogP contribution in [0.4, 0.5) is 4.39 Å². The summed E-state index contributed by atoms with van der Waals surface area (Å²) in [7, 11) is 0. The molecule has 176 valence electrons. The molecule has 34 heavy (non-hydrogen) atoms. The molecule has 1 aliphatic heterocycles. The summed E-state index contributed by atoms with van der Waals surface area (Å²) in [4.78, 5) is 19.6. The highest BCUT2D eigenvalue weighted by Crippen LogP contribution is 2.16. The van der Waals surface area contributed by atoms with Gasteiger partial charge in [0.1, 0.15) is 18.2 Å². The van der Waals surface area contributed by atoms with Crippen molar-refractivity contribution in [2.24, 2.45) is 5.16 Å². The Labute approximate surface area is 198 Å². The van der Waals surface area contributed by atoms with E-state index in [0.717, 1.165) is 22.4 Å². The number of hydrogen-bond acceptors (Lipinski definition) is 5. The molecule has 0 atom stereocenters. The summed E-state index contributed by atoms with van der Waals surface area (Å²) < 4.78 is 24.1. The Bertz CT molecular complexity index is 1080. The second-order valence-corrected chi connectivity index (χ2v) is 7.91. The van der Waals surface area contributed by atoms with Crippen LogP contribution in [0.25, 0.3) is 0 Å². The standard InChI is InChI=1S/C27H27FN2O4/c28-24-10-6-22(7-11-24)19-34-29-26(18-21-4-2-1-3-5-21)23-8-12-25(13-9-23)33-20-27(31)30-14-16-32-17-15-30/h1-13H,14-20H2/b29-26-. The van der Waals surface area contributed by atoms with Crippen LogP contribution in [0.5, 0.6) is 5.75 Å². The molecule has 0 radical (unpaired) electrons. The van der Waals surface area contributed by atoms with Crippen molar-refractivity contribution < 1.29 is 23.5 Å². The predicted octanol–water partition coefficient (Wildman–Crippen LogP) is 4.23. The molecule has 3 aromatic carbocycles. The number of carbonyl (C=O) groups excluding carboxylic acids is 1. The van der Waals surface area contributed by atoms with Gasteiger partial charge in [0.25, 0.3) is 5.91 Å². The minimum absolute atomic E-state index is 0.00884. The van der Waals surface area contributed by atoms with Gasteiger partial charge in [0.05, 0.1) is 18.9 Å². The fourth-order valence-corrected chi connectivity index (χ4v) is 3.53. The quantitative estimate of drug-likeness (QED) is 0.353. The van der Waals surface area contributed by atoms with Crippen LogP contribution in [0.2, 0.25) is 0 Å². The second-order valence-electron chi connectivity index (χ2n) is 7.91. The number of halogens is 1. The van der Waals surface area contributed by atoms with Crippen molar-refractivity contribution in [3.63, 3.8) is 0 Å². The van der Waals surface area contributed by atoms with Crippen molar-refractivity contribution in [2.45, 2.75) is 13.0 Å². The number of rotatable bonds is 9. The molecule has 7 heteroatoms. The number of amides is 1. The van der Waals surface area contributed by atoms with Crippen LogP contribution in [-0.2, 0) is 27.4 Å². The van der Waals surface area contributed by atoms with Gasteiger partial charge in [-0.1, -0.05) is 47.6 Å². The molecular weight excluding hydrogens is 435 g/mol. The molecule has 0 aromatic heterocycles. The summed E-state index contributed by atoms with van der Waals surface area (Å²) >= 11 is 0. The van der Waals surface area contributed by atoms with Gasteiger partial charge in [-0.15, -0.1) is 0 Å². The van der Waals surface area contributed by atoms with Crippen molar-refractivity contribution in [2.75, 3.05) is 32.9 Å². The maximum atomic E-state index is 13.1. The molecule has 4 rings (SSSR count). The fraction of sp³-hybridized carbons (Fsp3) is 0.259. The molecule has 6 nitrogen and oxygen atoms in total. The van der Waals surface area contributed by atoms with Crippen LogP contribution < -0.4 is 4.74 Å². The number of ether oxygens (including phenoxy) is 2. The Morgan fingerprint density at radius 2 is 1.62 bits per heavy atom. The number of hydrogen-bond donors (Lipinski definition) is 0. The Balaban J connectivity index is 1.41. The maximum Gasteiger partial charge on any atom is 0.260 e. The third-order valence-corrected chi connectivity index (χ3v) is 5.45. The molecule has 3 aromatic rings. The third kappa shape index (κ3) is 6.89. The SMILES string of the molecule is O=C(COc1ccc(/C(Cc2ccccc2)=N\OCc2ccc(F)cc2)cc1)N1CCOCC1. The first-order valence-electron chi connectivity index (χ1n) is 11.2. The van der Waals surface area contributed by atoms with Crippen molar-refractivity contribution in [3.8, 4) is 5.75 Å². The van der Waals surface area contributed by atoms with E-state index in [9.17, 15) is 9.18 Å².